The number of hydrogen-bond donors (Lipinski definition) is 2. The van der Waals surface area contributed by atoms with Gasteiger partial charge in [0.15, 0.2) is 4.96 Å². The summed E-state index contributed by atoms with van der Waals surface area (Å²) in [5.74, 6) is 0.419. The molecule has 0 amide bonds. The number of hydrogen-bond acceptors (Lipinski definition) is 4. The van der Waals surface area contributed by atoms with Gasteiger partial charge in [-0.2, -0.15) is 0 Å². The van der Waals surface area contributed by atoms with Crippen LogP contribution in [0.5, 0.6) is 0 Å². The number of aliphatic hydroxyl groups is 1. The number of aliphatic hydroxyl groups excluding tert-OH is 1. The molecule has 98 valence electrons. The molecule has 0 saturated heterocycles. The minimum Gasteiger partial charge on any atom is -0.393 e. The van der Waals surface area contributed by atoms with Crippen LogP contribution in [0.3, 0.4) is 0 Å². The number of nitrogens with one attached hydrogen (secondary N) is 1. The summed E-state index contributed by atoms with van der Waals surface area (Å²) in [4.78, 5) is 5.58. The maximum absolute atomic E-state index is 9.89. The summed E-state index contributed by atoms with van der Waals surface area (Å²) in [6.07, 6.45) is 8.52. The van der Waals surface area contributed by atoms with E-state index in [1.165, 1.54) is 12.8 Å². The molecule has 3 rings (SSSR count). The van der Waals surface area contributed by atoms with Crippen LogP contribution in [0.2, 0.25) is 0 Å². The van der Waals surface area contributed by atoms with Crippen LogP contribution in [0.4, 0.5) is 0 Å². The van der Waals surface area contributed by atoms with Crippen molar-refractivity contribution >= 4 is 16.3 Å². The van der Waals surface area contributed by atoms with Crippen molar-refractivity contribution in [2.45, 2.75) is 38.3 Å². The lowest BCUT2D eigenvalue weighted by atomic mass is 9.86. The Morgan fingerprint density at radius 2 is 2.33 bits per heavy atom. The summed E-state index contributed by atoms with van der Waals surface area (Å²) in [6.45, 7) is 1.68. The molecule has 1 aliphatic rings. The Kier molecular flexibility index (Phi) is 3.63. The molecule has 2 unspecified atom stereocenters. The number of nitrogens with zero attached hydrogens (tertiary/aromatic N) is 2. The van der Waals surface area contributed by atoms with Crippen molar-refractivity contribution in [2.75, 3.05) is 6.54 Å². The highest BCUT2D eigenvalue weighted by Gasteiger charge is 2.22. The van der Waals surface area contributed by atoms with E-state index in [2.05, 4.69) is 20.9 Å². The summed E-state index contributed by atoms with van der Waals surface area (Å²) in [5, 5.41) is 15.4. The van der Waals surface area contributed by atoms with Gasteiger partial charge in [-0.15, -0.1) is 11.3 Å². The van der Waals surface area contributed by atoms with Gasteiger partial charge >= 0.3 is 0 Å². The molecule has 2 heterocycles. The maximum Gasteiger partial charge on any atom is 0.193 e. The molecule has 0 spiro atoms. The zero-order valence-corrected chi connectivity index (χ0v) is 11.2. The zero-order chi connectivity index (χ0) is 12.4. The van der Waals surface area contributed by atoms with Crippen LogP contribution in [0, 0.1) is 5.92 Å². The maximum atomic E-state index is 9.89. The van der Waals surface area contributed by atoms with Gasteiger partial charge in [-0.25, -0.2) is 4.98 Å². The fraction of sp³-hybridized carbons (Fsp3) is 0.615. The SMILES string of the molecule is OC1CCCCC1CNCc1cn2ccsc2n1. The van der Waals surface area contributed by atoms with E-state index in [0.29, 0.717) is 5.92 Å². The lowest BCUT2D eigenvalue weighted by molar-refractivity contribution is 0.0694. The Hall–Kier alpha value is -0.910. The van der Waals surface area contributed by atoms with E-state index < -0.39 is 0 Å². The molecule has 2 aromatic heterocycles. The van der Waals surface area contributed by atoms with E-state index in [0.717, 1.165) is 36.6 Å². The van der Waals surface area contributed by atoms with Gasteiger partial charge < -0.3 is 10.4 Å². The lowest BCUT2D eigenvalue weighted by Gasteiger charge is -2.27. The monoisotopic (exact) mass is 265 g/mol. The first-order valence-corrected chi connectivity index (χ1v) is 7.51. The highest BCUT2D eigenvalue weighted by molar-refractivity contribution is 7.15. The first-order chi connectivity index (χ1) is 8.83. The molecule has 1 aliphatic carbocycles. The van der Waals surface area contributed by atoms with Crippen LogP contribution in [0.25, 0.3) is 4.96 Å². The smallest absolute Gasteiger partial charge is 0.193 e. The summed E-state index contributed by atoms with van der Waals surface area (Å²) in [6, 6.07) is 0. The lowest BCUT2D eigenvalue weighted by Crippen LogP contribution is -2.33. The van der Waals surface area contributed by atoms with Crippen molar-refractivity contribution in [1.82, 2.24) is 14.7 Å². The molecule has 0 aromatic carbocycles. The molecule has 2 atom stereocenters. The summed E-state index contributed by atoms with van der Waals surface area (Å²) in [5.41, 5.74) is 1.08. The highest BCUT2D eigenvalue weighted by atomic mass is 32.1. The van der Waals surface area contributed by atoms with E-state index in [-0.39, 0.29) is 6.10 Å². The average molecular weight is 265 g/mol. The van der Waals surface area contributed by atoms with E-state index >= 15 is 0 Å². The minimum atomic E-state index is -0.114. The van der Waals surface area contributed by atoms with Gasteiger partial charge in [0.25, 0.3) is 0 Å². The summed E-state index contributed by atoms with van der Waals surface area (Å²) in [7, 11) is 0. The predicted molar refractivity (Wildman–Crippen MR) is 72.7 cm³/mol. The Morgan fingerprint density at radius 1 is 1.44 bits per heavy atom. The standard InChI is InChI=1S/C13H19N3OS/c17-12-4-2-1-3-10(12)7-14-8-11-9-16-5-6-18-13(16)15-11/h5-6,9-10,12,14,17H,1-4,7-8H2. The van der Waals surface area contributed by atoms with Crippen LogP contribution in [0.1, 0.15) is 31.4 Å². The van der Waals surface area contributed by atoms with Crippen molar-refractivity contribution in [3.05, 3.63) is 23.5 Å². The molecule has 1 fully saturated rings. The van der Waals surface area contributed by atoms with Crippen molar-refractivity contribution in [3.63, 3.8) is 0 Å². The van der Waals surface area contributed by atoms with Crippen LogP contribution in [-0.4, -0.2) is 27.1 Å². The van der Waals surface area contributed by atoms with Crippen molar-refractivity contribution in [2.24, 2.45) is 5.92 Å². The molecule has 0 aliphatic heterocycles. The van der Waals surface area contributed by atoms with E-state index in [9.17, 15) is 5.11 Å². The van der Waals surface area contributed by atoms with Crippen LogP contribution >= 0.6 is 11.3 Å². The number of aromatic nitrogens is 2. The van der Waals surface area contributed by atoms with Crippen LogP contribution in [0.15, 0.2) is 17.8 Å². The van der Waals surface area contributed by atoms with Crippen LogP contribution in [-0.2, 0) is 6.54 Å². The summed E-state index contributed by atoms with van der Waals surface area (Å²) >= 11 is 1.65. The van der Waals surface area contributed by atoms with E-state index in [1.54, 1.807) is 11.3 Å². The van der Waals surface area contributed by atoms with Gasteiger partial charge in [0.1, 0.15) is 0 Å². The number of fused-ring (bicyclic) bond motifs is 1. The second-order valence-electron chi connectivity index (χ2n) is 5.07. The first kappa shape index (κ1) is 12.1. The molecule has 1 saturated carbocycles. The number of rotatable bonds is 4. The zero-order valence-electron chi connectivity index (χ0n) is 10.4. The Morgan fingerprint density at radius 3 is 3.17 bits per heavy atom. The largest absolute Gasteiger partial charge is 0.393 e. The van der Waals surface area contributed by atoms with Gasteiger partial charge in [-0.05, 0) is 18.8 Å². The molecule has 2 N–H and O–H groups in total. The molecule has 0 bridgehead atoms. The molecule has 4 nitrogen and oxygen atoms in total. The van der Waals surface area contributed by atoms with Crippen molar-refractivity contribution in [1.29, 1.82) is 0 Å². The Labute approximate surface area is 111 Å². The normalized spacial score (nSPS) is 24.7. The molecular weight excluding hydrogens is 246 g/mol. The van der Waals surface area contributed by atoms with E-state index in [4.69, 9.17) is 0 Å². The third kappa shape index (κ3) is 2.58. The quantitative estimate of drug-likeness (QED) is 0.889. The second kappa shape index (κ2) is 5.38. The second-order valence-corrected chi connectivity index (χ2v) is 5.94. The highest BCUT2D eigenvalue weighted by Crippen LogP contribution is 2.23. The first-order valence-electron chi connectivity index (χ1n) is 6.63. The van der Waals surface area contributed by atoms with Gasteiger partial charge in [0, 0.05) is 30.9 Å². The van der Waals surface area contributed by atoms with Crippen LogP contribution < -0.4 is 5.32 Å². The third-order valence-corrected chi connectivity index (χ3v) is 4.50. The predicted octanol–water partition coefficient (Wildman–Crippen LogP) is 2.04. The average Bonchev–Trinajstić information content (AvgIpc) is 2.92. The van der Waals surface area contributed by atoms with Crippen molar-refractivity contribution in [3.8, 4) is 0 Å². The molecule has 5 heteroatoms. The van der Waals surface area contributed by atoms with Gasteiger partial charge in [0.05, 0.1) is 11.8 Å². The fourth-order valence-electron chi connectivity index (χ4n) is 2.67. The molecular formula is C13H19N3OS. The Balaban J connectivity index is 1.50. The molecule has 18 heavy (non-hydrogen) atoms. The minimum absolute atomic E-state index is 0.114. The Bertz CT molecular complexity index is 479. The fourth-order valence-corrected chi connectivity index (χ4v) is 3.39. The molecule has 0 radical (unpaired) electrons. The molecule has 2 aromatic rings. The van der Waals surface area contributed by atoms with Gasteiger partial charge in [-0.1, -0.05) is 12.8 Å². The van der Waals surface area contributed by atoms with E-state index in [1.807, 2.05) is 11.6 Å². The topological polar surface area (TPSA) is 49.6 Å². The van der Waals surface area contributed by atoms with Gasteiger partial charge in [-0.3, -0.25) is 4.40 Å². The number of imidazole rings is 1. The summed E-state index contributed by atoms with van der Waals surface area (Å²) < 4.78 is 2.05. The van der Waals surface area contributed by atoms with Crippen molar-refractivity contribution < 1.29 is 5.11 Å². The number of thiazole rings is 1. The van der Waals surface area contributed by atoms with Gasteiger partial charge in [0.2, 0.25) is 0 Å². The third-order valence-electron chi connectivity index (χ3n) is 3.72.